The van der Waals surface area contributed by atoms with Crippen molar-refractivity contribution in [3.05, 3.63) is 0 Å². The molecule has 0 saturated carbocycles. The Morgan fingerprint density at radius 1 is 1.19 bits per heavy atom. The van der Waals surface area contributed by atoms with Crippen molar-refractivity contribution in [2.45, 2.75) is 46.0 Å². The van der Waals surface area contributed by atoms with E-state index >= 15 is 0 Å². The van der Waals surface area contributed by atoms with E-state index in [0.29, 0.717) is 0 Å². The van der Waals surface area contributed by atoms with Crippen LogP contribution < -0.4 is 5.32 Å². The molecule has 1 saturated heterocycles. The topological polar surface area (TPSA) is 15.3 Å². The summed E-state index contributed by atoms with van der Waals surface area (Å²) in [4.78, 5) is 2.52. The summed E-state index contributed by atoms with van der Waals surface area (Å²) in [5, 5.41) is 3.44. The average Bonchev–Trinajstić information content (AvgIpc) is 2.27. The van der Waals surface area contributed by atoms with Crippen LogP contribution in [-0.2, 0) is 0 Å². The zero-order valence-electron chi connectivity index (χ0n) is 11.5. The van der Waals surface area contributed by atoms with Gasteiger partial charge in [0.05, 0.1) is 0 Å². The number of piperidine rings is 1. The average molecular weight is 226 g/mol. The van der Waals surface area contributed by atoms with Gasteiger partial charge in [0.1, 0.15) is 0 Å². The van der Waals surface area contributed by atoms with Gasteiger partial charge in [-0.25, -0.2) is 0 Å². The molecule has 0 radical (unpaired) electrons. The molecule has 1 rings (SSSR count). The predicted octanol–water partition coefficient (Wildman–Crippen LogP) is 2.74. The molecule has 0 bridgehead atoms. The molecular formula is C14H30N2. The van der Waals surface area contributed by atoms with Crippen LogP contribution in [0, 0.1) is 11.8 Å². The molecule has 0 atom stereocenters. The van der Waals surface area contributed by atoms with Crippen LogP contribution >= 0.6 is 0 Å². The molecule has 2 nitrogen and oxygen atoms in total. The van der Waals surface area contributed by atoms with E-state index in [4.69, 9.17) is 0 Å². The number of nitrogens with zero attached hydrogens (tertiary/aromatic N) is 1. The number of rotatable bonds is 7. The van der Waals surface area contributed by atoms with Crippen LogP contribution in [-0.4, -0.2) is 38.1 Å². The van der Waals surface area contributed by atoms with Gasteiger partial charge in [-0.1, -0.05) is 13.8 Å². The number of nitrogens with one attached hydrogen (secondary N) is 1. The standard InChI is InChI=1S/C14H30N2/c1-13(2)5-4-11-16(3)12-8-14-6-9-15-10-7-14/h13-15H,4-12H2,1-3H3. The van der Waals surface area contributed by atoms with E-state index in [1.165, 1.54) is 58.3 Å². The molecule has 0 aliphatic carbocycles. The van der Waals surface area contributed by atoms with E-state index < -0.39 is 0 Å². The zero-order chi connectivity index (χ0) is 11.8. The maximum absolute atomic E-state index is 3.44. The first-order chi connectivity index (χ1) is 7.68. The molecule has 0 unspecified atom stereocenters. The predicted molar refractivity (Wildman–Crippen MR) is 71.8 cm³/mol. The van der Waals surface area contributed by atoms with Gasteiger partial charge in [-0.2, -0.15) is 0 Å². The Labute approximate surface area is 102 Å². The van der Waals surface area contributed by atoms with Crippen LogP contribution in [0.3, 0.4) is 0 Å². The third-order valence-corrected chi connectivity index (χ3v) is 3.70. The summed E-state index contributed by atoms with van der Waals surface area (Å²) in [6, 6.07) is 0. The van der Waals surface area contributed by atoms with Crippen LogP contribution in [0.1, 0.15) is 46.0 Å². The lowest BCUT2D eigenvalue weighted by Gasteiger charge is -2.25. The summed E-state index contributed by atoms with van der Waals surface area (Å²) < 4.78 is 0. The Kier molecular flexibility index (Phi) is 7.06. The van der Waals surface area contributed by atoms with Gasteiger partial charge in [-0.15, -0.1) is 0 Å². The fourth-order valence-corrected chi connectivity index (χ4v) is 2.45. The van der Waals surface area contributed by atoms with Crippen molar-refractivity contribution >= 4 is 0 Å². The second-order valence-electron chi connectivity index (χ2n) is 5.82. The maximum Gasteiger partial charge on any atom is -0.00191 e. The molecule has 1 fully saturated rings. The Morgan fingerprint density at radius 2 is 1.88 bits per heavy atom. The molecule has 0 aromatic rings. The molecule has 2 heteroatoms. The highest BCUT2D eigenvalue weighted by Crippen LogP contribution is 2.16. The van der Waals surface area contributed by atoms with Crippen LogP contribution in [0.2, 0.25) is 0 Å². The van der Waals surface area contributed by atoms with Gasteiger partial charge in [0.2, 0.25) is 0 Å². The van der Waals surface area contributed by atoms with E-state index in [2.05, 4.69) is 31.1 Å². The fourth-order valence-electron chi connectivity index (χ4n) is 2.45. The highest BCUT2D eigenvalue weighted by molar-refractivity contribution is 4.69. The molecular weight excluding hydrogens is 196 g/mol. The fraction of sp³-hybridized carbons (Fsp3) is 1.00. The number of hydrogen-bond donors (Lipinski definition) is 1. The van der Waals surface area contributed by atoms with Crippen molar-refractivity contribution in [1.82, 2.24) is 10.2 Å². The minimum absolute atomic E-state index is 0.859. The van der Waals surface area contributed by atoms with Crippen LogP contribution in [0.5, 0.6) is 0 Å². The minimum Gasteiger partial charge on any atom is -0.317 e. The summed E-state index contributed by atoms with van der Waals surface area (Å²) >= 11 is 0. The lowest BCUT2D eigenvalue weighted by Crippen LogP contribution is -2.30. The van der Waals surface area contributed by atoms with Gasteiger partial charge in [-0.3, -0.25) is 0 Å². The minimum atomic E-state index is 0.859. The molecule has 16 heavy (non-hydrogen) atoms. The first-order valence-electron chi connectivity index (χ1n) is 7.07. The monoisotopic (exact) mass is 226 g/mol. The normalized spacial score (nSPS) is 18.6. The highest BCUT2D eigenvalue weighted by Gasteiger charge is 2.13. The number of hydrogen-bond acceptors (Lipinski definition) is 2. The highest BCUT2D eigenvalue weighted by atomic mass is 15.1. The van der Waals surface area contributed by atoms with Crippen LogP contribution in [0.15, 0.2) is 0 Å². The van der Waals surface area contributed by atoms with Crippen LogP contribution in [0.4, 0.5) is 0 Å². The quantitative estimate of drug-likeness (QED) is 0.718. The summed E-state index contributed by atoms with van der Waals surface area (Å²) in [5.41, 5.74) is 0. The van der Waals surface area contributed by atoms with Crippen molar-refractivity contribution in [3.63, 3.8) is 0 Å². The molecule has 0 spiro atoms. The molecule has 0 aromatic heterocycles. The smallest absolute Gasteiger partial charge is 0.00191 e. The maximum atomic E-state index is 3.44. The zero-order valence-corrected chi connectivity index (χ0v) is 11.5. The van der Waals surface area contributed by atoms with Crippen LogP contribution in [0.25, 0.3) is 0 Å². The Balaban J connectivity index is 1.98. The SMILES string of the molecule is CC(C)CCCN(C)CCC1CCNCC1. The Morgan fingerprint density at radius 3 is 2.50 bits per heavy atom. The van der Waals surface area contributed by atoms with E-state index in [9.17, 15) is 0 Å². The van der Waals surface area contributed by atoms with Gasteiger partial charge in [0.25, 0.3) is 0 Å². The molecule has 96 valence electrons. The summed E-state index contributed by atoms with van der Waals surface area (Å²) in [6.45, 7) is 9.68. The second kappa shape index (κ2) is 8.08. The van der Waals surface area contributed by atoms with Gasteiger partial charge in [-0.05, 0) is 77.2 Å². The third-order valence-electron chi connectivity index (χ3n) is 3.70. The third kappa shape index (κ3) is 6.49. The largest absolute Gasteiger partial charge is 0.317 e. The van der Waals surface area contributed by atoms with Crippen molar-refractivity contribution in [1.29, 1.82) is 0 Å². The van der Waals surface area contributed by atoms with Gasteiger partial charge < -0.3 is 10.2 Å². The molecule has 1 aliphatic heterocycles. The summed E-state index contributed by atoms with van der Waals surface area (Å²) in [5.74, 6) is 1.84. The van der Waals surface area contributed by atoms with E-state index in [1.807, 2.05) is 0 Å². The van der Waals surface area contributed by atoms with Crippen molar-refractivity contribution in [3.8, 4) is 0 Å². The van der Waals surface area contributed by atoms with E-state index in [-0.39, 0.29) is 0 Å². The molecule has 1 aliphatic rings. The van der Waals surface area contributed by atoms with Gasteiger partial charge >= 0.3 is 0 Å². The Bertz CT molecular complexity index is 162. The Hall–Kier alpha value is -0.0800. The lowest BCUT2D eigenvalue weighted by atomic mass is 9.94. The first kappa shape index (κ1) is 14.0. The molecule has 1 N–H and O–H groups in total. The van der Waals surface area contributed by atoms with Gasteiger partial charge in [0.15, 0.2) is 0 Å². The lowest BCUT2D eigenvalue weighted by molar-refractivity contribution is 0.264. The first-order valence-corrected chi connectivity index (χ1v) is 7.07. The second-order valence-corrected chi connectivity index (χ2v) is 5.82. The summed E-state index contributed by atoms with van der Waals surface area (Å²) in [7, 11) is 2.28. The van der Waals surface area contributed by atoms with Crippen molar-refractivity contribution in [2.75, 3.05) is 33.2 Å². The van der Waals surface area contributed by atoms with Gasteiger partial charge in [0, 0.05) is 0 Å². The van der Waals surface area contributed by atoms with Crippen molar-refractivity contribution in [2.24, 2.45) is 11.8 Å². The van der Waals surface area contributed by atoms with E-state index in [0.717, 1.165) is 11.8 Å². The van der Waals surface area contributed by atoms with Crippen molar-refractivity contribution < 1.29 is 0 Å². The van der Waals surface area contributed by atoms with E-state index in [1.54, 1.807) is 0 Å². The molecule has 0 aromatic carbocycles. The molecule has 1 heterocycles. The summed E-state index contributed by atoms with van der Waals surface area (Å²) in [6.07, 6.45) is 6.91. The molecule has 0 amide bonds.